The highest BCUT2D eigenvalue weighted by molar-refractivity contribution is 5.82. The molecule has 0 bridgehead atoms. The summed E-state index contributed by atoms with van der Waals surface area (Å²) in [4.78, 5) is 41.2. The van der Waals surface area contributed by atoms with Gasteiger partial charge in [0.15, 0.2) is 0 Å². The Labute approximate surface area is 276 Å². The number of likely N-dealkylation sites (tertiary alicyclic amines) is 1. The van der Waals surface area contributed by atoms with Gasteiger partial charge in [-0.15, -0.1) is 0 Å². The van der Waals surface area contributed by atoms with Crippen LogP contribution in [0.25, 0.3) is 11.1 Å². The molecule has 1 saturated heterocycles. The lowest BCUT2D eigenvalue weighted by molar-refractivity contribution is -0.139. The summed E-state index contributed by atoms with van der Waals surface area (Å²) < 4.78 is 73.7. The third kappa shape index (κ3) is 8.14. The van der Waals surface area contributed by atoms with E-state index in [1.54, 1.807) is 40.7 Å². The number of amides is 1. The second-order valence-corrected chi connectivity index (χ2v) is 13.2. The van der Waals surface area contributed by atoms with E-state index in [1.807, 2.05) is 4.90 Å². The summed E-state index contributed by atoms with van der Waals surface area (Å²) >= 11 is 0. The summed E-state index contributed by atoms with van der Waals surface area (Å²) in [7, 11) is 0. The molecule has 1 aliphatic rings. The van der Waals surface area contributed by atoms with Crippen LogP contribution in [0.3, 0.4) is 0 Å². The molecule has 260 valence electrons. The topological polar surface area (TPSA) is 91.6 Å². The first kappa shape index (κ1) is 36.8. The normalized spacial score (nSPS) is 14.9. The van der Waals surface area contributed by atoms with Crippen LogP contribution < -0.4 is 10.9 Å². The molecule has 2 unspecified atom stereocenters. The Morgan fingerprint density at radius 1 is 0.958 bits per heavy atom. The number of halogens is 5. The van der Waals surface area contributed by atoms with Gasteiger partial charge in [0.05, 0.1) is 18.0 Å². The van der Waals surface area contributed by atoms with Crippen LogP contribution in [0.15, 0.2) is 35.3 Å². The van der Waals surface area contributed by atoms with Crippen LogP contribution in [0, 0.1) is 45.2 Å². The second-order valence-electron chi connectivity index (χ2n) is 13.2. The summed E-state index contributed by atoms with van der Waals surface area (Å²) in [6, 6.07) is 2.32. The molecular formula is C36H42F5N3O4. The van der Waals surface area contributed by atoms with Gasteiger partial charge < -0.3 is 19.9 Å². The van der Waals surface area contributed by atoms with E-state index in [0.717, 1.165) is 30.3 Å². The maximum absolute atomic E-state index is 15.8. The number of pyridine rings is 1. The lowest BCUT2D eigenvalue weighted by atomic mass is 9.89. The maximum atomic E-state index is 15.8. The Bertz CT molecular complexity index is 1760. The zero-order valence-corrected chi connectivity index (χ0v) is 28.0. The highest BCUT2D eigenvalue weighted by atomic mass is 19.4. The molecule has 1 amide bonds. The summed E-state index contributed by atoms with van der Waals surface area (Å²) in [6.07, 6.45) is -3.46. The van der Waals surface area contributed by atoms with Crippen LogP contribution in [-0.2, 0) is 22.2 Å². The quantitative estimate of drug-likeness (QED) is 0.198. The van der Waals surface area contributed by atoms with E-state index in [4.69, 9.17) is 0 Å². The molecule has 2 heterocycles. The van der Waals surface area contributed by atoms with Crippen LogP contribution in [0.5, 0.6) is 0 Å². The molecule has 3 aromatic rings. The third-order valence-corrected chi connectivity index (χ3v) is 8.97. The van der Waals surface area contributed by atoms with Crippen molar-refractivity contribution in [1.82, 2.24) is 14.8 Å². The number of aryl methyl sites for hydroxylation is 3. The standard InChI is InChI=1S/C36H42F5N3O4/c1-19(2)12-29(44-18-24(8-11-43-9-7-10-43)27(16-30(44)45)36(39,40)41)35(48)42-28(17-31(46)47)26-15-25(14-22(5)34(26)38)32-20(3)13-21(4)33(37)23(32)6/h13-16,18-19,28-29H,7-12,17H2,1-6H3,(H,42,48)(H,46,47). The van der Waals surface area contributed by atoms with Crippen molar-refractivity contribution in [3.63, 3.8) is 0 Å². The first-order chi connectivity index (χ1) is 22.4. The summed E-state index contributed by atoms with van der Waals surface area (Å²) in [5, 5.41) is 12.4. The smallest absolute Gasteiger partial charge is 0.416 e. The van der Waals surface area contributed by atoms with Crippen molar-refractivity contribution in [2.75, 3.05) is 19.6 Å². The fourth-order valence-corrected chi connectivity index (χ4v) is 6.46. The van der Waals surface area contributed by atoms with Crippen molar-refractivity contribution in [2.45, 2.75) is 85.5 Å². The van der Waals surface area contributed by atoms with Gasteiger partial charge in [-0.25, -0.2) is 8.78 Å². The van der Waals surface area contributed by atoms with Crippen molar-refractivity contribution in [3.05, 3.63) is 91.4 Å². The number of benzene rings is 2. The van der Waals surface area contributed by atoms with Gasteiger partial charge in [0.2, 0.25) is 5.91 Å². The van der Waals surface area contributed by atoms with Gasteiger partial charge in [0.1, 0.15) is 17.7 Å². The van der Waals surface area contributed by atoms with Crippen LogP contribution in [0.2, 0.25) is 0 Å². The van der Waals surface area contributed by atoms with E-state index < -0.39 is 59.3 Å². The second kappa shape index (κ2) is 14.6. The van der Waals surface area contributed by atoms with Crippen molar-refractivity contribution < 1.29 is 36.6 Å². The Morgan fingerprint density at radius 2 is 1.60 bits per heavy atom. The lowest BCUT2D eigenvalue weighted by Gasteiger charge is -2.31. The van der Waals surface area contributed by atoms with Gasteiger partial charge in [-0.3, -0.25) is 14.4 Å². The van der Waals surface area contributed by atoms with E-state index in [0.29, 0.717) is 40.4 Å². The SMILES string of the molecule is Cc1cc(-c2c(C)cc(C)c(F)c2C)cc(C(CC(=O)O)NC(=O)C(CC(C)C)n2cc(CCN3CCC3)c(C(F)(F)F)cc2=O)c1F. The number of hydrogen-bond acceptors (Lipinski definition) is 4. The number of hydrogen-bond donors (Lipinski definition) is 2. The third-order valence-electron chi connectivity index (χ3n) is 8.97. The zero-order chi connectivity index (χ0) is 35.7. The monoisotopic (exact) mass is 675 g/mol. The molecule has 48 heavy (non-hydrogen) atoms. The van der Waals surface area contributed by atoms with Crippen molar-refractivity contribution >= 4 is 11.9 Å². The number of rotatable bonds is 12. The Morgan fingerprint density at radius 3 is 2.17 bits per heavy atom. The van der Waals surface area contributed by atoms with E-state index >= 15 is 4.39 Å². The summed E-state index contributed by atoms with van der Waals surface area (Å²) in [6.45, 7) is 11.9. The first-order valence-electron chi connectivity index (χ1n) is 16.0. The van der Waals surface area contributed by atoms with Gasteiger partial charge >= 0.3 is 12.1 Å². The summed E-state index contributed by atoms with van der Waals surface area (Å²) in [5.74, 6) is -3.61. The van der Waals surface area contributed by atoms with Crippen LogP contribution >= 0.6 is 0 Å². The average Bonchev–Trinajstić information content (AvgIpc) is 2.95. The number of carboxylic acids is 1. The molecule has 1 aromatic heterocycles. The van der Waals surface area contributed by atoms with Crippen molar-refractivity contribution in [1.29, 1.82) is 0 Å². The number of alkyl halides is 3. The number of nitrogens with one attached hydrogen (secondary N) is 1. The van der Waals surface area contributed by atoms with Gasteiger partial charge in [-0.1, -0.05) is 19.9 Å². The van der Waals surface area contributed by atoms with Gasteiger partial charge in [-0.05, 0) is 117 Å². The maximum Gasteiger partial charge on any atom is 0.416 e. The Hall–Kier alpha value is -4.06. The number of aromatic nitrogens is 1. The molecule has 0 saturated carbocycles. The minimum Gasteiger partial charge on any atom is -0.481 e. The largest absolute Gasteiger partial charge is 0.481 e. The molecule has 0 radical (unpaired) electrons. The average molecular weight is 676 g/mol. The number of carbonyl (C=O) groups is 2. The van der Waals surface area contributed by atoms with Gasteiger partial charge in [0.25, 0.3) is 5.56 Å². The molecule has 12 heteroatoms. The molecule has 2 atom stereocenters. The zero-order valence-electron chi connectivity index (χ0n) is 28.0. The number of carbonyl (C=O) groups excluding carboxylic acids is 1. The van der Waals surface area contributed by atoms with E-state index in [1.165, 1.54) is 19.1 Å². The molecule has 1 fully saturated rings. The summed E-state index contributed by atoms with van der Waals surface area (Å²) in [5.41, 5.74) is 0.138. The number of nitrogens with zero attached hydrogens (tertiary/aromatic N) is 2. The van der Waals surface area contributed by atoms with E-state index in [9.17, 15) is 37.1 Å². The fraction of sp³-hybridized carbons (Fsp3) is 0.472. The van der Waals surface area contributed by atoms with Crippen LogP contribution in [-0.4, -0.2) is 46.1 Å². The molecular weight excluding hydrogens is 633 g/mol. The predicted molar refractivity (Wildman–Crippen MR) is 173 cm³/mol. The number of carboxylic acid groups (broad SMARTS) is 1. The molecule has 1 aliphatic heterocycles. The van der Waals surface area contributed by atoms with Crippen molar-refractivity contribution in [3.8, 4) is 11.1 Å². The molecule has 7 nitrogen and oxygen atoms in total. The van der Waals surface area contributed by atoms with Crippen molar-refractivity contribution in [2.24, 2.45) is 5.92 Å². The lowest BCUT2D eigenvalue weighted by Crippen LogP contribution is -2.41. The molecule has 2 N–H and O–H groups in total. The first-order valence-corrected chi connectivity index (χ1v) is 16.0. The predicted octanol–water partition coefficient (Wildman–Crippen LogP) is 7.21. The van der Waals surface area contributed by atoms with Gasteiger partial charge in [0, 0.05) is 24.4 Å². The van der Waals surface area contributed by atoms with E-state index in [2.05, 4.69) is 5.32 Å². The molecule has 0 spiro atoms. The Balaban J connectivity index is 1.79. The highest BCUT2D eigenvalue weighted by Crippen LogP contribution is 2.36. The Kier molecular flexibility index (Phi) is 11.2. The fourth-order valence-electron chi connectivity index (χ4n) is 6.46. The highest BCUT2D eigenvalue weighted by Gasteiger charge is 2.36. The molecule has 4 rings (SSSR count). The van der Waals surface area contributed by atoms with Gasteiger partial charge in [-0.2, -0.15) is 13.2 Å². The minimum absolute atomic E-state index is 0.00248. The van der Waals surface area contributed by atoms with E-state index in [-0.39, 0.29) is 35.4 Å². The van der Waals surface area contributed by atoms with Crippen LogP contribution in [0.4, 0.5) is 22.0 Å². The van der Waals surface area contributed by atoms with Crippen LogP contribution in [0.1, 0.15) is 84.1 Å². The molecule has 0 aliphatic carbocycles. The minimum atomic E-state index is -4.79. The number of aliphatic carboxylic acids is 1. The molecule has 2 aromatic carbocycles.